The fraction of sp³-hybridized carbons (Fsp3) is 0.364. The van der Waals surface area contributed by atoms with Gasteiger partial charge in [-0.3, -0.25) is 13.9 Å². The Labute approximate surface area is 182 Å². The van der Waals surface area contributed by atoms with Crippen LogP contribution in [0.2, 0.25) is 0 Å². The molecule has 8 nitrogen and oxygen atoms in total. The number of nitrogens with zero attached hydrogens (tertiary/aromatic N) is 1. The number of hydrogen-bond donors (Lipinski definition) is 2. The zero-order chi connectivity index (χ0) is 22.4. The van der Waals surface area contributed by atoms with Gasteiger partial charge in [-0.2, -0.15) is 0 Å². The number of anilines is 2. The van der Waals surface area contributed by atoms with Crippen LogP contribution in [-0.2, 0) is 19.6 Å². The van der Waals surface area contributed by atoms with Crippen LogP contribution in [0.4, 0.5) is 11.4 Å². The molecule has 0 saturated carbocycles. The molecule has 0 spiro atoms. The molecule has 1 aliphatic rings. The summed E-state index contributed by atoms with van der Waals surface area (Å²) >= 11 is 0. The second-order valence-electron chi connectivity index (χ2n) is 7.45. The standard InChI is InChI=1S/C22H27N3O5S/c1-16(25(31(2,28)29)17-9-4-3-5-10-17)21(26)24-20-13-7-6-12-19(20)22(27)23-15-18-11-8-14-30-18/h3-7,9-10,12-13,16,18H,8,11,14-15H2,1-2H3,(H,23,27)(H,24,26)/t16-,18+/m1/s1. The highest BCUT2D eigenvalue weighted by atomic mass is 32.2. The van der Waals surface area contributed by atoms with Crippen molar-refractivity contribution in [3.05, 3.63) is 60.2 Å². The van der Waals surface area contributed by atoms with Crippen LogP contribution in [0.1, 0.15) is 30.1 Å². The Bertz CT molecular complexity index is 1020. The monoisotopic (exact) mass is 445 g/mol. The average Bonchev–Trinajstić information content (AvgIpc) is 3.26. The van der Waals surface area contributed by atoms with Crippen molar-refractivity contribution in [1.82, 2.24) is 5.32 Å². The first-order valence-corrected chi connectivity index (χ1v) is 12.0. The predicted octanol–water partition coefficient (Wildman–Crippen LogP) is 2.39. The van der Waals surface area contributed by atoms with E-state index < -0.39 is 22.0 Å². The van der Waals surface area contributed by atoms with Crippen LogP contribution in [0.25, 0.3) is 0 Å². The van der Waals surface area contributed by atoms with Gasteiger partial charge in [0, 0.05) is 13.2 Å². The predicted molar refractivity (Wildman–Crippen MR) is 120 cm³/mol. The third kappa shape index (κ3) is 5.83. The summed E-state index contributed by atoms with van der Waals surface area (Å²) in [6.45, 7) is 2.60. The zero-order valence-electron chi connectivity index (χ0n) is 17.6. The first-order chi connectivity index (χ1) is 14.8. The number of rotatable bonds is 8. The molecule has 2 aromatic rings. The minimum absolute atomic E-state index is 0.0000768. The fourth-order valence-corrected chi connectivity index (χ4v) is 4.69. The number of carbonyl (C=O) groups is 2. The van der Waals surface area contributed by atoms with Gasteiger partial charge in [0.1, 0.15) is 6.04 Å². The second kappa shape index (κ2) is 9.93. The number of carbonyl (C=O) groups excluding carboxylic acids is 2. The lowest BCUT2D eigenvalue weighted by Gasteiger charge is -2.28. The van der Waals surface area contributed by atoms with Crippen molar-refractivity contribution in [3.8, 4) is 0 Å². The van der Waals surface area contributed by atoms with Crippen LogP contribution in [0, 0.1) is 0 Å². The number of amides is 2. The van der Waals surface area contributed by atoms with Crippen molar-refractivity contribution in [2.45, 2.75) is 31.9 Å². The van der Waals surface area contributed by atoms with Gasteiger partial charge in [-0.15, -0.1) is 0 Å². The van der Waals surface area contributed by atoms with E-state index in [1.807, 2.05) is 0 Å². The first-order valence-electron chi connectivity index (χ1n) is 10.1. The molecule has 0 bridgehead atoms. The van der Waals surface area contributed by atoms with Gasteiger partial charge in [-0.05, 0) is 44.0 Å². The third-order valence-electron chi connectivity index (χ3n) is 5.04. The van der Waals surface area contributed by atoms with Crippen molar-refractivity contribution >= 4 is 33.2 Å². The highest BCUT2D eigenvalue weighted by Gasteiger charge is 2.29. The molecule has 0 aliphatic carbocycles. The number of sulfonamides is 1. The molecule has 1 fully saturated rings. The molecule has 9 heteroatoms. The van der Waals surface area contributed by atoms with E-state index in [0.717, 1.165) is 23.4 Å². The number of benzene rings is 2. The SMILES string of the molecule is C[C@H](C(=O)Nc1ccccc1C(=O)NC[C@@H]1CCCO1)N(c1ccccc1)S(C)(=O)=O. The Morgan fingerprint density at radius 2 is 1.81 bits per heavy atom. The van der Waals surface area contributed by atoms with E-state index in [0.29, 0.717) is 30.1 Å². The van der Waals surface area contributed by atoms with Gasteiger partial charge >= 0.3 is 0 Å². The molecule has 2 aromatic carbocycles. The molecule has 3 rings (SSSR count). The van der Waals surface area contributed by atoms with E-state index in [-0.39, 0.29) is 12.0 Å². The second-order valence-corrected chi connectivity index (χ2v) is 9.31. The largest absolute Gasteiger partial charge is 0.376 e. The molecular weight excluding hydrogens is 418 g/mol. The molecule has 1 saturated heterocycles. The summed E-state index contributed by atoms with van der Waals surface area (Å²) in [6, 6.07) is 14.0. The van der Waals surface area contributed by atoms with E-state index in [1.54, 1.807) is 54.6 Å². The van der Waals surface area contributed by atoms with Crippen molar-refractivity contribution < 1.29 is 22.7 Å². The molecule has 0 unspecified atom stereocenters. The van der Waals surface area contributed by atoms with Gasteiger partial charge < -0.3 is 15.4 Å². The van der Waals surface area contributed by atoms with E-state index in [9.17, 15) is 18.0 Å². The van der Waals surface area contributed by atoms with Gasteiger partial charge in [0.05, 0.1) is 29.3 Å². The Kier molecular flexibility index (Phi) is 7.29. The van der Waals surface area contributed by atoms with Gasteiger partial charge in [-0.1, -0.05) is 30.3 Å². The Morgan fingerprint density at radius 1 is 1.13 bits per heavy atom. The van der Waals surface area contributed by atoms with Crippen LogP contribution >= 0.6 is 0 Å². The number of ether oxygens (including phenoxy) is 1. The van der Waals surface area contributed by atoms with Gasteiger partial charge in [0.2, 0.25) is 15.9 Å². The molecule has 1 aliphatic heterocycles. The minimum atomic E-state index is -3.72. The normalized spacial score (nSPS) is 17.0. The smallest absolute Gasteiger partial charge is 0.253 e. The van der Waals surface area contributed by atoms with Gasteiger partial charge in [0.15, 0.2) is 0 Å². The van der Waals surface area contributed by atoms with Crippen LogP contribution in [0.3, 0.4) is 0 Å². The maximum atomic E-state index is 12.9. The molecule has 31 heavy (non-hydrogen) atoms. The molecule has 1 heterocycles. The maximum absolute atomic E-state index is 12.9. The summed E-state index contributed by atoms with van der Waals surface area (Å²) < 4.78 is 31.3. The Hall–Kier alpha value is -2.91. The van der Waals surface area contributed by atoms with Crippen LogP contribution in [0.5, 0.6) is 0 Å². The van der Waals surface area contributed by atoms with Crippen molar-refractivity contribution in [2.75, 3.05) is 29.0 Å². The lowest BCUT2D eigenvalue weighted by Crippen LogP contribution is -2.45. The number of para-hydroxylation sites is 2. The van der Waals surface area contributed by atoms with E-state index in [1.165, 1.54) is 6.92 Å². The lowest BCUT2D eigenvalue weighted by molar-refractivity contribution is -0.116. The highest BCUT2D eigenvalue weighted by Crippen LogP contribution is 2.22. The summed E-state index contributed by atoms with van der Waals surface area (Å²) in [5.41, 5.74) is 0.993. The minimum Gasteiger partial charge on any atom is -0.376 e. The van der Waals surface area contributed by atoms with E-state index in [2.05, 4.69) is 10.6 Å². The Morgan fingerprint density at radius 3 is 2.45 bits per heavy atom. The van der Waals surface area contributed by atoms with Crippen LogP contribution < -0.4 is 14.9 Å². The summed E-state index contributed by atoms with van der Waals surface area (Å²) in [5.74, 6) is -0.879. The van der Waals surface area contributed by atoms with E-state index in [4.69, 9.17) is 4.74 Å². The number of hydrogen-bond acceptors (Lipinski definition) is 5. The summed E-state index contributed by atoms with van der Waals surface area (Å²) in [4.78, 5) is 25.6. The number of nitrogens with one attached hydrogen (secondary N) is 2. The molecular formula is C22H27N3O5S. The van der Waals surface area contributed by atoms with Crippen molar-refractivity contribution in [3.63, 3.8) is 0 Å². The summed E-state index contributed by atoms with van der Waals surface area (Å²) in [6.07, 6.45) is 2.93. The average molecular weight is 446 g/mol. The topological polar surface area (TPSA) is 105 Å². The molecule has 2 atom stereocenters. The maximum Gasteiger partial charge on any atom is 0.253 e. The quantitative estimate of drug-likeness (QED) is 0.649. The fourth-order valence-electron chi connectivity index (χ4n) is 3.52. The molecule has 0 aromatic heterocycles. The van der Waals surface area contributed by atoms with Gasteiger partial charge in [0.25, 0.3) is 5.91 Å². The highest BCUT2D eigenvalue weighted by molar-refractivity contribution is 7.92. The molecule has 2 amide bonds. The van der Waals surface area contributed by atoms with Gasteiger partial charge in [-0.25, -0.2) is 8.42 Å². The summed E-state index contributed by atoms with van der Waals surface area (Å²) in [7, 11) is -3.72. The molecule has 2 N–H and O–H groups in total. The zero-order valence-corrected chi connectivity index (χ0v) is 18.4. The van der Waals surface area contributed by atoms with Crippen LogP contribution in [0.15, 0.2) is 54.6 Å². The summed E-state index contributed by atoms with van der Waals surface area (Å²) in [5, 5.41) is 5.54. The van der Waals surface area contributed by atoms with Crippen molar-refractivity contribution in [1.29, 1.82) is 0 Å². The van der Waals surface area contributed by atoms with Crippen molar-refractivity contribution in [2.24, 2.45) is 0 Å². The molecule has 166 valence electrons. The van der Waals surface area contributed by atoms with Crippen LogP contribution in [-0.4, -0.2) is 51.8 Å². The lowest BCUT2D eigenvalue weighted by atomic mass is 10.1. The van der Waals surface area contributed by atoms with E-state index >= 15 is 0 Å². The Balaban J connectivity index is 1.75. The first kappa shape index (κ1) is 22.8. The third-order valence-corrected chi connectivity index (χ3v) is 6.28. The molecule has 0 radical (unpaired) electrons.